The zero-order valence-electron chi connectivity index (χ0n) is 17.6. The molecular formula is C24H27N3O3. The van der Waals surface area contributed by atoms with Crippen molar-refractivity contribution in [1.82, 2.24) is 10.4 Å². The maximum absolute atomic E-state index is 12.9. The molecule has 0 aliphatic carbocycles. The summed E-state index contributed by atoms with van der Waals surface area (Å²) in [5.41, 5.74) is 5.66. The Labute approximate surface area is 176 Å². The van der Waals surface area contributed by atoms with E-state index in [1.54, 1.807) is 6.21 Å². The van der Waals surface area contributed by atoms with Crippen LogP contribution in [0, 0.1) is 0 Å². The van der Waals surface area contributed by atoms with Crippen molar-refractivity contribution < 1.29 is 14.3 Å². The van der Waals surface area contributed by atoms with Gasteiger partial charge in [-0.05, 0) is 44.5 Å². The van der Waals surface area contributed by atoms with Crippen molar-refractivity contribution >= 4 is 23.0 Å². The van der Waals surface area contributed by atoms with Crippen LogP contribution in [-0.4, -0.2) is 30.3 Å². The van der Waals surface area contributed by atoms with Gasteiger partial charge in [-0.2, -0.15) is 5.10 Å². The molecule has 0 bridgehead atoms. The highest BCUT2D eigenvalue weighted by Crippen LogP contribution is 2.24. The molecule has 0 unspecified atom stereocenters. The molecule has 1 amide bonds. The van der Waals surface area contributed by atoms with Gasteiger partial charge < -0.3 is 9.47 Å². The first-order chi connectivity index (χ1) is 14.7. The van der Waals surface area contributed by atoms with Crippen LogP contribution >= 0.6 is 0 Å². The van der Waals surface area contributed by atoms with Gasteiger partial charge in [-0.3, -0.25) is 9.78 Å². The molecule has 6 heteroatoms. The Bertz CT molecular complexity index is 1050. The number of amides is 1. The summed E-state index contributed by atoms with van der Waals surface area (Å²) in [7, 11) is 0. The number of fused-ring (bicyclic) bond motifs is 1. The van der Waals surface area contributed by atoms with E-state index < -0.39 is 0 Å². The third-order valence-corrected chi connectivity index (χ3v) is 4.49. The first-order valence-electron chi connectivity index (χ1n) is 10.3. The van der Waals surface area contributed by atoms with Gasteiger partial charge >= 0.3 is 0 Å². The first kappa shape index (κ1) is 21.3. The zero-order valence-corrected chi connectivity index (χ0v) is 17.6. The maximum Gasteiger partial charge on any atom is 0.272 e. The number of nitrogens with one attached hydrogen (secondary N) is 1. The molecule has 0 aliphatic heterocycles. The van der Waals surface area contributed by atoms with Gasteiger partial charge in [-0.1, -0.05) is 31.5 Å². The number of carbonyl (C=O) groups is 1. The Morgan fingerprint density at radius 2 is 1.87 bits per heavy atom. The lowest BCUT2D eigenvalue weighted by Gasteiger charge is -2.10. The number of hydrogen-bond acceptors (Lipinski definition) is 5. The number of aryl methyl sites for hydroxylation is 1. The lowest BCUT2D eigenvalue weighted by Crippen LogP contribution is -2.18. The van der Waals surface area contributed by atoms with E-state index in [4.69, 9.17) is 9.47 Å². The maximum atomic E-state index is 12.9. The molecule has 2 aromatic carbocycles. The van der Waals surface area contributed by atoms with Crippen molar-refractivity contribution in [2.45, 2.75) is 33.6 Å². The number of rotatable bonds is 9. The van der Waals surface area contributed by atoms with Crippen LogP contribution in [0.2, 0.25) is 0 Å². The minimum atomic E-state index is -0.272. The third kappa shape index (κ3) is 5.14. The Morgan fingerprint density at radius 1 is 1.07 bits per heavy atom. The van der Waals surface area contributed by atoms with Gasteiger partial charge in [0, 0.05) is 22.7 Å². The van der Waals surface area contributed by atoms with Gasteiger partial charge in [0.1, 0.15) is 11.5 Å². The van der Waals surface area contributed by atoms with E-state index in [2.05, 4.69) is 22.4 Å². The van der Waals surface area contributed by atoms with E-state index in [0.29, 0.717) is 24.5 Å². The Hall–Kier alpha value is -3.41. The number of hydrazone groups is 1. The highest BCUT2D eigenvalue weighted by Gasteiger charge is 2.12. The second-order valence-electron chi connectivity index (χ2n) is 6.69. The summed E-state index contributed by atoms with van der Waals surface area (Å²) in [5, 5.41) is 4.96. The van der Waals surface area contributed by atoms with Crippen molar-refractivity contribution in [1.29, 1.82) is 0 Å². The summed E-state index contributed by atoms with van der Waals surface area (Å²) < 4.78 is 11.2. The number of nitrogens with zero attached hydrogens (tertiary/aromatic N) is 2. The lowest BCUT2D eigenvalue weighted by atomic mass is 10.1. The van der Waals surface area contributed by atoms with E-state index >= 15 is 0 Å². The predicted octanol–water partition coefficient (Wildman–Crippen LogP) is 4.75. The molecule has 30 heavy (non-hydrogen) atoms. The molecule has 0 spiro atoms. The number of para-hydroxylation sites is 1. The average Bonchev–Trinajstić information content (AvgIpc) is 2.75. The van der Waals surface area contributed by atoms with Crippen molar-refractivity contribution in [3.05, 3.63) is 65.4 Å². The molecule has 3 aromatic rings. The molecule has 1 heterocycles. The van der Waals surface area contributed by atoms with E-state index in [9.17, 15) is 4.79 Å². The number of pyridine rings is 1. The molecule has 1 N–H and O–H groups in total. The smallest absolute Gasteiger partial charge is 0.272 e. The summed E-state index contributed by atoms with van der Waals surface area (Å²) in [5.74, 6) is 1.11. The molecular weight excluding hydrogens is 378 g/mol. The number of ether oxygens (including phenoxy) is 2. The van der Waals surface area contributed by atoms with Crippen LogP contribution in [0.4, 0.5) is 0 Å². The van der Waals surface area contributed by atoms with E-state index in [0.717, 1.165) is 40.8 Å². The number of aromatic nitrogens is 1. The molecule has 156 valence electrons. The standard InChI is InChI=1S/C24H27N3O3/c1-4-9-18-14-21(20-10-7-8-11-22(20)26-18)24(28)27-25-16-17-12-13-19(29-5-2)15-23(17)30-6-3/h7-8,10-16H,4-6,9H2,1-3H3,(H,27,28)/b25-16+. The molecule has 0 aliphatic rings. The average molecular weight is 405 g/mol. The summed E-state index contributed by atoms with van der Waals surface area (Å²) in [6, 6.07) is 15.0. The van der Waals surface area contributed by atoms with Gasteiger partial charge in [0.05, 0.1) is 30.5 Å². The second kappa shape index (κ2) is 10.4. The summed E-state index contributed by atoms with van der Waals surface area (Å²) in [4.78, 5) is 17.5. The fourth-order valence-electron chi connectivity index (χ4n) is 3.18. The molecule has 0 radical (unpaired) electrons. The van der Waals surface area contributed by atoms with Crippen LogP contribution in [0.1, 0.15) is 48.8 Å². The van der Waals surface area contributed by atoms with Crippen molar-refractivity contribution in [2.75, 3.05) is 13.2 Å². The fourth-order valence-corrected chi connectivity index (χ4v) is 3.18. The van der Waals surface area contributed by atoms with E-state index in [-0.39, 0.29) is 5.91 Å². The highest BCUT2D eigenvalue weighted by molar-refractivity contribution is 6.06. The molecule has 1 aromatic heterocycles. The van der Waals surface area contributed by atoms with Crippen molar-refractivity contribution in [2.24, 2.45) is 5.10 Å². The zero-order chi connectivity index (χ0) is 21.3. The molecule has 0 saturated carbocycles. The number of carbonyl (C=O) groups excluding carboxylic acids is 1. The largest absolute Gasteiger partial charge is 0.494 e. The summed E-state index contributed by atoms with van der Waals surface area (Å²) in [6.45, 7) is 7.03. The Morgan fingerprint density at radius 3 is 2.63 bits per heavy atom. The predicted molar refractivity (Wildman–Crippen MR) is 120 cm³/mol. The molecule has 3 rings (SSSR count). The van der Waals surface area contributed by atoms with Gasteiger partial charge in [-0.15, -0.1) is 0 Å². The van der Waals surface area contributed by atoms with E-state index in [1.807, 2.05) is 62.4 Å². The molecule has 0 saturated heterocycles. The van der Waals surface area contributed by atoms with Gasteiger partial charge in [0.15, 0.2) is 0 Å². The topological polar surface area (TPSA) is 72.8 Å². The van der Waals surface area contributed by atoms with Crippen molar-refractivity contribution in [3.63, 3.8) is 0 Å². The highest BCUT2D eigenvalue weighted by atomic mass is 16.5. The fraction of sp³-hybridized carbons (Fsp3) is 0.292. The van der Waals surface area contributed by atoms with Gasteiger partial charge in [-0.25, -0.2) is 5.43 Å². The second-order valence-corrected chi connectivity index (χ2v) is 6.69. The SMILES string of the molecule is CCCc1cc(C(=O)N/N=C/c2ccc(OCC)cc2OCC)c2ccccc2n1. The summed E-state index contributed by atoms with van der Waals surface area (Å²) >= 11 is 0. The molecule has 6 nitrogen and oxygen atoms in total. The number of benzene rings is 2. The van der Waals surface area contributed by atoms with Crippen LogP contribution in [0.5, 0.6) is 11.5 Å². The van der Waals surface area contributed by atoms with Gasteiger partial charge in [0.25, 0.3) is 5.91 Å². The minimum absolute atomic E-state index is 0.272. The van der Waals surface area contributed by atoms with Crippen LogP contribution in [-0.2, 0) is 6.42 Å². The number of hydrogen-bond donors (Lipinski definition) is 1. The lowest BCUT2D eigenvalue weighted by molar-refractivity contribution is 0.0956. The molecule has 0 fully saturated rings. The third-order valence-electron chi connectivity index (χ3n) is 4.49. The first-order valence-corrected chi connectivity index (χ1v) is 10.3. The van der Waals surface area contributed by atoms with Crippen LogP contribution in [0.3, 0.4) is 0 Å². The quantitative estimate of drug-likeness (QED) is 0.412. The van der Waals surface area contributed by atoms with Crippen LogP contribution < -0.4 is 14.9 Å². The van der Waals surface area contributed by atoms with Crippen LogP contribution in [0.15, 0.2) is 53.6 Å². The Kier molecular flexibility index (Phi) is 7.38. The van der Waals surface area contributed by atoms with Crippen molar-refractivity contribution in [3.8, 4) is 11.5 Å². The van der Waals surface area contributed by atoms with Gasteiger partial charge in [0.2, 0.25) is 0 Å². The van der Waals surface area contributed by atoms with Crippen LogP contribution in [0.25, 0.3) is 10.9 Å². The minimum Gasteiger partial charge on any atom is -0.494 e. The molecule has 0 atom stereocenters. The normalized spacial score (nSPS) is 11.0. The monoisotopic (exact) mass is 405 g/mol. The summed E-state index contributed by atoms with van der Waals surface area (Å²) in [6.07, 6.45) is 3.36. The Balaban J connectivity index is 1.82. The van der Waals surface area contributed by atoms with E-state index in [1.165, 1.54) is 0 Å².